The Labute approximate surface area is 314 Å². The van der Waals surface area contributed by atoms with Gasteiger partial charge >= 0.3 is 93.7 Å². The Hall–Kier alpha value is -2.76. The van der Waals surface area contributed by atoms with E-state index >= 15 is 0 Å². The molecule has 0 spiro atoms. The fourth-order valence-electron chi connectivity index (χ4n) is 3.33. The number of rotatable bonds is 20. The molecule has 0 aromatic rings. The van der Waals surface area contributed by atoms with Gasteiger partial charge in [0.1, 0.15) is 0 Å². The van der Waals surface area contributed by atoms with Crippen molar-refractivity contribution in [2.45, 2.75) is 99.8 Å². The van der Waals surface area contributed by atoms with E-state index in [0.717, 1.165) is 0 Å². The minimum Gasteiger partial charge on any atom is -0.389 e. The number of hydrogen-bond acceptors (Lipinski definition) is 3. The van der Waals surface area contributed by atoms with E-state index in [9.17, 15) is 155 Å². The SMILES string of the molecule is O=C(NCC(O)CNC(=O)C(F)(F)C(F)(F)C(F)(F)C(F)(F)C(F)(F)C(F)(F)C(F)(F)C(F)(F)Cl)C(F)(F)C(F)(F)C(F)(F)C(F)(F)C(F)(F)C(F)(F)C(F)(F)C(F)(F)Cl. The van der Waals surface area contributed by atoms with Gasteiger partial charge in [-0.1, -0.05) is 0 Å². The van der Waals surface area contributed by atoms with Crippen LogP contribution < -0.4 is 10.6 Å². The molecule has 0 unspecified atom stereocenters. The van der Waals surface area contributed by atoms with Crippen LogP contribution in [0.4, 0.5) is 140 Å². The molecule has 2 amide bonds. The first-order chi connectivity index (χ1) is 25.4. The van der Waals surface area contributed by atoms with Crippen molar-refractivity contribution in [1.29, 1.82) is 0 Å². The first kappa shape index (κ1) is 57.2. The van der Waals surface area contributed by atoms with Crippen LogP contribution in [0.5, 0.6) is 0 Å². The molecule has 0 aliphatic heterocycles. The fourth-order valence-corrected chi connectivity index (χ4v) is 3.57. The number of aliphatic hydroxyl groups excluding tert-OH is 1. The zero-order valence-corrected chi connectivity index (χ0v) is 27.6. The predicted octanol–water partition coefficient (Wildman–Crippen LogP) is 9.14. The molecule has 0 atom stereocenters. The molecule has 0 aliphatic carbocycles. The third-order valence-electron chi connectivity index (χ3n) is 7.01. The first-order valence-electron chi connectivity index (χ1n) is 13.1. The Bertz CT molecular complexity index is 1470. The maximum Gasteiger partial charge on any atom is 0.393 e. The number of halogens is 34. The quantitative estimate of drug-likeness (QED) is 0.0842. The van der Waals surface area contributed by atoms with Gasteiger partial charge in [-0.05, 0) is 23.2 Å². The van der Waals surface area contributed by atoms with E-state index in [1.165, 1.54) is 0 Å². The number of hydrogen-bond donors (Lipinski definition) is 3. The van der Waals surface area contributed by atoms with E-state index in [1.54, 1.807) is 0 Å². The molecular weight excluding hydrogens is 1010 g/mol. The topological polar surface area (TPSA) is 78.4 Å². The highest BCUT2D eigenvalue weighted by Gasteiger charge is 2.97. The molecule has 0 fully saturated rings. The number of aliphatic hydroxyl groups is 1. The Morgan fingerprint density at radius 3 is 0.650 bits per heavy atom. The molecule has 0 rings (SSSR count). The zero-order chi connectivity index (χ0) is 49.6. The maximum atomic E-state index is 13.9. The smallest absolute Gasteiger partial charge is 0.389 e. The lowest BCUT2D eigenvalue weighted by molar-refractivity contribution is -0.446. The predicted molar refractivity (Wildman–Crippen MR) is 123 cm³/mol. The van der Waals surface area contributed by atoms with Crippen LogP contribution in [-0.2, 0) is 9.59 Å². The van der Waals surface area contributed by atoms with Gasteiger partial charge in [0.25, 0.3) is 11.8 Å². The zero-order valence-electron chi connectivity index (χ0n) is 26.1. The Morgan fingerprint density at radius 1 is 0.333 bits per heavy atom. The van der Waals surface area contributed by atoms with Crippen molar-refractivity contribution in [3.8, 4) is 0 Å². The normalized spacial score (nSPS) is 16.3. The summed E-state index contributed by atoms with van der Waals surface area (Å²) in [7, 11) is 0. The van der Waals surface area contributed by atoms with E-state index in [0.29, 0.717) is 0 Å². The summed E-state index contributed by atoms with van der Waals surface area (Å²) >= 11 is 6.60. The number of carbonyl (C=O) groups excluding carboxylic acids is 2. The highest BCUT2D eigenvalue weighted by atomic mass is 35.5. The molecule has 0 saturated heterocycles. The summed E-state index contributed by atoms with van der Waals surface area (Å²) < 4.78 is 432. The second-order valence-electron chi connectivity index (χ2n) is 11.1. The summed E-state index contributed by atoms with van der Waals surface area (Å²) in [5.41, 5.74) is 0. The molecule has 3 N–H and O–H groups in total. The van der Waals surface area contributed by atoms with Gasteiger partial charge in [-0.15, -0.1) is 0 Å². The van der Waals surface area contributed by atoms with Gasteiger partial charge in [0, 0.05) is 13.1 Å². The summed E-state index contributed by atoms with van der Waals surface area (Å²) in [6.07, 6.45) is -3.54. The summed E-state index contributed by atoms with van der Waals surface area (Å²) in [5, 5.41) is -5.26. The maximum absolute atomic E-state index is 13.9. The van der Waals surface area contributed by atoms with Crippen LogP contribution in [0, 0.1) is 0 Å². The van der Waals surface area contributed by atoms with Crippen LogP contribution in [0.2, 0.25) is 0 Å². The van der Waals surface area contributed by atoms with Crippen molar-refractivity contribution in [3.05, 3.63) is 0 Å². The Kier molecular flexibility index (Phi) is 14.5. The van der Waals surface area contributed by atoms with Crippen LogP contribution in [0.15, 0.2) is 0 Å². The average molecular weight is 1020 g/mol. The van der Waals surface area contributed by atoms with E-state index in [4.69, 9.17) is 0 Å². The third kappa shape index (κ3) is 7.70. The van der Waals surface area contributed by atoms with E-state index < -0.39 is 125 Å². The van der Waals surface area contributed by atoms with Gasteiger partial charge in [-0.25, -0.2) is 0 Å². The number of alkyl halides is 34. The average Bonchev–Trinajstić information content (AvgIpc) is 3.03. The van der Waals surface area contributed by atoms with Crippen molar-refractivity contribution >= 4 is 35.0 Å². The standard InChI is InChI=1S/C21H8Cl2F32N2O3/c22-20(52,53)18(48,49)16(44,45)14(40,41)12(36,37)10(32,33)8(28,29)6(24,25)4(59)56-1-3(58)2-57-5(60)7(26,27)9(30,31)11(34,35)13(38,39)15(42,43)17(46,47)19(50,51)21(23,54)55/h3,58H,1-2H2,(H,56,59)(H,57,60). The monoisotopic (exact) mass is 1010 g/mol. The van der Waals surface area contributed by atoms with Crippen LogP contribution in [0.25, 0.3) is 0 Å². The van der Waals surface area contributed by atoms with Crippen molar-refractivity contribution in [2.75, 3.05) is 13.1 Å². The second kappa shape index (κ2) is 15.2. The van der Waals surface area contributed by atoms with Crippen molar-refractivity contribution < 1.29 is 155 Å². The van der Waals surface area contributed by atoms with E-state index in [-0.39, 0.29) is 10.6 Å². The summed E-state index contributed by atoms with van der Waals surface area (Å²) in [6, 6.07) is 0. The second-order valence-corrected chi connectivity index (χ2v) is 12.1. The van der Waals surface area contributed by atoms with Crippen molar-refractivity contribution in [3.63, 3.8) is 0 Å². The summed E-state index contributed by atoms with van der Waals surface area (Å²) in [4.78, 5) is 22.7. The van der Waals surface area contributed by atoms with Crippen molar-refractivity contribution in [2.24, 2.45) is 0 Å². The summed E-state index contributed by atoms with van der Waals surface area (Å²) in [6.45, 7) is -5.37. The van der Waals surface area contributed by atoms with Crippen LogP contribution in [0.3, 0.4) is 0 Å². The van der Waals surface area contributed by atoms with Gasteiger partial charge in [0.15, 0.2) is 0 Å². The fraction of sp³-hybridized carbons (Fsp3) is 0.905. The van der Waals surface area contributed by atoms with Gasteiger partial charge < -0.3 is 15.7 Å². The Morgan fingerprint density at radius 2 is 0.483 bits per heavy atom. The lowest BCUT2D eigenvalue weighted by Crippen LogP contribution is -2.75. The molecule has 0 heterocycles. The van der Waals surface area contributed by atoms with E-state index in [2.05, 4.69) is 23.2 Å². The van der Waals surface area contributed by atoms with Crippen LogP contribution >= 0.6 is 23.2 Å². The van der Waals surface area contributed by atoms with Gasteiger partial charge in [-0.2, -0.15) is 140 Å². The molecule has 0 aromatic heterocycles. The molecule has 358 valence electrons. The highest BCUT2D eigenvalue weighted by Crippen LogP contribution is 2.66. The first-order valence-corrected chi connectivity index (χ1v) is 13.9. The number of amides is 2. The molecule has 0 radical (unpaired) electrons. The highest BCUT2D eigenvalue weighted by molar-refractivity contribution is 6.22. The molecular formula is C21H8Cl2F32N2O3. The molecule has 0 aliphatic rings. The van der Waals surface area contributed by atoms with Crippen molar-refractivity contribution in [1.82, 2.24) is 10.6 Å². The molecule has 0 saturated carbocycles. The van der Waals surface area contributed by atoms with Gasteiger partial charge in [0.2, 0.25) is 0 Å². The number of carbonyl (C=O) groups is 2. The summed E-state index contributed by atoms with van der Waals surface area (Å²) in [5.74, 6) is -130. The van der Waals surface area contributed by atoms with Gasteiger partial charge in [-0.3, -0.25) is 9.59 Å². The minimum atomic E-state index is -9.11. The molecule has 0 aromatic carbocycles. The third-order valence-corrected chi connectivity index (χ3v) is 7.49. The van der Waals surface area contributed by atoms with Gasteiger partial charge in [0.05, 0.1) is 6.10 Å². The molecule has 5 nitrogen and oxygen atoms in total. The van der Waals surface area contributed by atoms with Crippen LogP contribution in [-0.4, -0.2) is 130 Å². The van der Waals surface area contributed by atoms with E-state index in [1.807, 2.05) is 0 Å². The number of nitrogens with one attached hydrogen (secondary N) is 2. The molecule has 60 heavy (non-hydrogen) atoms. The Balaban J connectivity index is 6.42. The lowest BCUT2D eigenvalue weighted by atomic mass is 9.89. The lowest BCUT2D eigenvalue weighted by Gasteiger charge is -2.42. The molecule has 0 bridgehead atoms. The van der Waals surface area contributed by atoms with Crippen LogP contribution in [0.1, 0.15) is 0 Å². The minimum absolute atomic E-state index is 0.0982. The molecule has 39 heteroatoms. The largest absolute Gasteiger partial charge is 0.393 e.